The SMILES string of the molecule is N#CCC1CC1C(=O)Nc1cc2cc(-c3c(Cl)cccc3Cl)nc(N)c2cn1. The molecule has 1 saturated carbocycles. The van der Waals surface area contributed by atoms with E-state index < -0.39 is 0 Å². The van der Waals surface area contributed by atoms with Gasteiger partial charge in [-0.1, -0.05) is 29.3 Å². The Bertz CT molecular complexity index is 1120. The Kier molecular flexibility index (Phi) is 4.80. The van der Waals surface area contributed by atoms with Gasteiger partial charge in [0.1, 0.15) is 11.6 Å². The summed E-state index contributed by atoms with van der Waals surface area (Å²) in [4.78, 5) is 21.0. The fourth-order valence-corrected chi connectivity index (χ4v) is 3.83. The number of hydrogen-bond acceptors (Lipinski definition) is 5. The summed E-state index contributed by atoms with van der Waals surface area (Å²) in [7, 11) is 0. The van der Waals surface area contributed by atoms with Crippen LogP contribution in [0.1, 0.15) is 12.8 Å². The molecule has 28 heavy (non-hydrogen) atoms. The maximum absolute atomic E-state index is 12.3. The van der Waals surface area contributed by atoms with Gasteiger partial charge in [-0.25, -0.2) is 9.97 Å². The van der Waals surface area contributed by atoms with E-state index in [4.69, 9.17) is 34.2 Å². The molecule has 4 rings (SSSR count). The highest BCUT2D eigenvalue weighted by molar-refractivity contribution is 6.39. The van der Waals surface area contributed by atoms with E-state index in [1.165, 1.54) is 0 Å². The number of nitriles is 1. The second-order valence-electron chi connectivity index (χ2n) is 6.73. The molecule has 2 aromatic heterocycles. The van der Waals surface area contributed by atoms with Crippen LogP contribution in [0.3, 0.4) is 0 Å². The van der Waals surface area contributed by atoms with Gasteiger partial charge in [0.2, 0.25) is 5.91 Å². The lowest BCUT2D eigenvalue weighted by atomic mass is 10.1. The molecule has 0 spiro atoms. The van der Waals surface area contributed by atoms with Crippen molar-refractivity contribution >= 4 is 51.5 Å². The molecule has 3 N–H and O–H groups in total. The van der Waals surface area contributed by atoms with Gasteiger partial charge in [-0.15, -0.1) is 0 Å². The number of carbonyl (C=O) groups is 1. The summed E-state index contributed by atoms with van der Waals surface area (Å²) in [6, 6.07) is 10.9. The minimum atomic E-state index is -0.128. The number of rotatable bonds is 4. The third-order valence-corrected chi connectivity index (χ3v) is 5.46. The zero-order valence-electron chi connectivity index (χ0n) is 14.6. The van der Waals surface area contributed by atoms with Gasteiger partial charge >= 0.3 is 0 Å². The van der Waals surface area contributed by atoms with E-state index in [0.29, 0.717) is 44.7 Å². The Morgan fingerprint density at radius 2 is 2.07 bits per heavy atom. The summed E-state index contributed by atoms with van der Waals surface area (Å²) in [5.74, 6) is 0.604. The highest BCUT2D eigenvalue weighted by Crippen LogP contribution is 2.42. The van der Waals surface area contributed by atoms with Gasteiger partial charge in [0.05, 0.1) is 21.8 Å². The zero-order chi connectivity index (χ0) is 19.8. The van der Waals surface area contributed by atoms with Crippen LogP contribution in [-0.4, -0.2) is 15.9 Å². The second-order valence-corrected chi connectivity index (χ2v) is 7.55. The number of anilines is 2. The molecular weight excluding hydrogens is 397 g/mol. The number of carbonyl (C=O) groups excluding carboxylic acids is 1. The molecule has 0 saturated heterocycles. The number of amides is 1. The Labute approximate surface area is 171 Å². The molecule has 0 radical (unpaired) electrons. The van der Waals surface area contributed by atoms with Gasteiger partial charge in [0.15, 0.2) is 0 Å². The fraction of sp³-hybridized carbons (Fsp3) is 0.200. The molecule has 3 aromatic rings. The third-order valence-electron chi connectivity index (χ3n) is 4.83. The Morgan fingerprint density at radius 1 is 1.32 bits per heavy atom. The number of nitrogens with zero attached hydrogens (tertiary/aromatic N) is 3. The van der Waals surface area contributed by atoms with Crippen molar-refractivity contribution in [1.29, 1.82) is 5.26 Å². The van der Waals surface area contributed by atoms with Gasteiger partial charge in [-0.3, -0.25) is 4.79 Å². The number of nitrogen functional groups attached to an aromatic ring is 1. The predicted molar refractivity (Wildman–Crippen MR) is 110 cm³/mol. The first-order valence-corrected chi connectivity index (χ1v) is 9.42. The summed E-state index contributed by atoms with van der Waals surface area (Å²) in [6.45, 7) is 0. The normalized spacial score (nSPS) is 17.9. The fourth-order valence-electron chi connectivity index (χ4n) is 3.24. The van der Waals surface area contributed by atoms with Crippen molar-refractivity contribution in [1.82, 2.24) is 9.97 Å². The topological polar surface area (TPSA) is 105 Å². The first kappa shape index (κ1) is 18.5. The highest BCUT2D eigenvalue weighted by Gasteiger charge is 2.42. The molecule has 1 aliphatic rings. The lowest BCUT2D eigenvalue weighted by molar-refractivity contribution is -0.117. The minimum Gasteiger partial charge on any atom is -0.383 e. The summed E-state index contributed by atoms with van der Waals surface area (Å²) in [6.07, 6.45) is 2.71. The second kappa shape index (κ2) is 7.27. The largest absolute Gasteiger partial charge is 0.383 e. The van der Waals surface area contributed by atoms with Crippen molar-refractivity contribution in [3.63, 3.8) is 0 Å². The van der Waals surface area contributed by atoms with Gasteiger partial charge in [-0.05, 0) is 42.0 Å². The van der Waals surface area contributed by atoms with Crippen LogP contribution in [0.25, 0.3) is 22.0 Å². The number of hydrogen-bond donors (Lipinski definition) is 2. The molecule has 140 valence electrons. The molecule has 1 amide bonds. The van der Waals surface area contributed by atoms with Crippen LogP contribution in [0.2, 0.25) is 10.0 Å². The number of pyridine rings is 2. The van der Waals surface area contributed by atoms with E-state index in [1.54, 1.807) is 30.5 Å². The number of benzene rings is 1. The minimum absolute atomic E-state index is 0.122. The number of nitrogens with one attached hydrogen (secondary N) is 1. The molecule has 8 heteroatoms. The average Bonchev–Trinajstić information content (AvgIpc) is 3.41. The maximum Gasteiger partial charge on any atom is 0.228 e. The lowest BCUT2D eigenvalue weighted by Gasteiger charge is -2.11. The van der Waals surface area contributed by atoms with Crippen molar-refractivity contribution in [3.05, 3.63) is 46.6 Å². The van der Waals surface area contributed by atoms with Crippen LogP contribution >= 0.6 is 23.2 Å². The van der Waals surface area contributed by atoms with Crippen molar-refractivity contribution < 1.29 is 4.79 Å². The van der Waals surface area contributed by atoms with Crippen LogP contribution < -0.4 is 11.1 Å². The molecule has 1 aromatic carbocycles. The number of halogens is 2. The van der Waals surface area contributed by atoms with E-state index in [-0.39, 0.29) is 17.7 Å². The summed E-state index contributed by atoms with van der Waals surface area (Å²) in [5, 5.41) is 13.9. The van der Waals surface area contributed by atoms with Crippen molar-refractivity contribution in [2.75, 3.05) is 11.1 Å². The summed E-state index contributed by atoms with van der Waals surface area (Å²) < 4.78 is 0. The average molecular weight is 412 g/mol. The van der Waals surface area contributed by atoms with Crippen LogP contribution in [-0.2, 0) is 4.79 Å². The first-order chi connectivity index (χ1) is 13.5. The predicted octanol–water partition coefficient (Wildman–Crippen LogP) is 4.67. The molecule has 1 aliphatic carbocycles. The standard InChI is InChI=1S/C20H15Cl2N5O/c21-14-2-1-3-15(22)18(14)16-7-11-8-17(25-9-13(11)19(24)26-16)27-20(28)12-6-10(12)4-5-23/h1-3,7-10,12H,4,6H2,(H2,24,26)(H,25,27,28). The molecule has 2 atom stereocenters. The molecular formula is C20H15Cl2N5O. The lowest BCUT2D eigenvalue weighted by Crippen LogP contribution is -2.15. The molecule has 2 unspecified atom stereocenters. The maximum atomic E-state index is 12.3. The van der Waals surface area contributed by atoms with Gasteiger partial charge in [-0.2, -0.15) is 5.26 Å². The van der Waals surface area contributed by atoms with Gasteiger partial charge in [0, 0.05) is 29.5 Å². The number of aromatic nitrogens is 2. The molecule has 6 nitrogen and oxygen atoms in total. The summed E-state index contributed by atoms with van der Waals surface area (Å²) >= 11 is 12.6. The van der Waals surface area contributed by atoms with E-state index >= 15 is 0 Å². The molecule has 0 aliphatic heterocycles. The Morgan fingerprint density at radius 3 is 2.79 bits per heavy atom. The number of nitrogens with two attached hydrogens (primary N) is 1. The van der Waals surface area contributed by atoms with Crippen LogP contribution in [0.4, 0.5) is 11.6 Å². The highest BCUT2D eigenvalue weighted by atomic mass is 35.5. The monoisotopic (exact) mass is 411 g/mol. The Balaban J connectivity index is 1.67. The van der Waals surface area contributed by atoms with E-state index in [1.807, 2.05) is 6.07 Å². The van der Waals surface area contributed by atoms with Crippen LogP contribution in [0.5, 0.6) is 0 Å². The van der Waals surface area contributed by atoms with E-state index in [9.17, 15) is 4.79 Å². The quantitative estimate of drug-likeness (QED) is 0.648. The first-order valence-electron chi connectivity index (χ1n) is 8.66. The van der Waals surface area contributed by atoms with Crippen LogP contribution in [0, 0.1) is 23.2 Å². The third kappa shape index (κ3) is 3.47. The Hall–Kier alpha value is -2.88. The van der Waals surface area contributed by atoms with E-state index in [0.717, 1.165) is 11.8 Å². The van der Waals surface area contributed by atoms with Crippen molar-refractivity contribution in [2.45, 2.75) is 12.8 Å². The molecule has 0 bridgehead atoms. The molecule has 2 heterocycles. The van der Waals surface area contributed by atoms with Crippen LogP contribution in [0.15, 0.2) is 36.5 Å². The van der Waals surface area contributed by atoms with Gasteiger partial charge < -0.3 is 11.1 Å². The van der Waals surface area contributed by atoms with Crippen molar-refractivity contribution in [2.24, 2.45) is 11.8 Å². The summed E-state index contributed by atoms with van der Waals surface area (Å²) in [5.41, 5.74) is 7.24. The van der Waals surface area contributed by atoms with Gasteiger partial charge in [0.25, 0.3) is 0 Å². The van der Waals surface area contributed by atoms with E-state index in [2.05, 4.69) is 21.4 Å². The smallest absolute Gasteiger partial charge is 0.228 e. The van der Waals surface area contributed by atoms with Crippen molar-refractivity contribution in [3.8, 4) is 17.3 Å². The molecule has 1 fully saturated rings. The zero-order valence-corrected chi connectivity index (χ0v) is 16.1. The number of fused-ring (bicyclic) bond motifs is 1.